The van der Waals surface area contributed by atoms with Gasteiger partial charge >= 0.3 is 0 Å². The first-order valence-corrected chi connectivity index (χ1v) is 8.07. The van der Waals surface area contributed by atoms with Crippen LogP contribution in [0, 0.1) is 6.92 Å². The molecule has 0 saturated heterocycles. The molecule has 0 spiro atoms. The molecule has 1 amide bonds. The Labute approximate surface area is 158 Å². The molecule has 10 heteroatoms. The van der Waals surface area contributed by atoms with E-state index in [1.807, 2.05) is 31.2 Å². The summed E-state index contributed by atoms with van der Waals surface area (Å²) in [6, 6.07) is 7.55. The SMILES string of the molecule is Cc1ccc(NC(=S)NNC(=O)c2nc(Cl)c(Cl)c(N)c2Cl)cc1. The fourth-order valence-corrected chi connectivity index (χ4v) is 2.42. The van der Waals surface area contributed by atoms with Gasteiger partial charge in [-0.1, -0.05) is 52.5 Å². The first kappa shape index (κ1) is 18.5. The molecule has 0 aliphatic rings. The minimum atomic E-state index is -0.668. The zero-order valence-electron chi connectivity index (χ0n) is 12.3. The van der Waals surface area contributed by atoms with Crippen molar-refractivity contribution in [3.05, 3.63) is 50.7 Å². The number of hydrogen-bond acceptors (Lipinski definition) is 4. The van der Waals surface area contributed by atoms with Crippen LogP contribution in [0.1, 0.15) is 16.1 Å². The van der Waals surface area contributed by atoms with Crippen molar-refractivity contribution in [1.82, 2.24) is 15.8 Å². The van der Waals surface area contributed by atoms with Crippen molar-refractivity contribution in [2.75, 3.05) is 11.1 Å². The molecule has 1 heterocycles. The monoisotopic (exact) mass is 403 g/mol. The lowest BCUT2D eigenvalue weighted by Crippen LogP contribution is -2.44. The lowest BCUT2D eigenvalue weighted by atomic mass is 10.2. The van der Waals surface area contributed by atoms with Crippen molar-refractivity contribution in [3.63, 3.8) is 0 Å². The molecule has 0 aliphatic carbocycles. The Bertz CT molecular complexity index is 798. The summed E-state index contributed by atoms with van der Waals surface area (Å²) >= 11 is 22.6. The molecule has 2 aromatic rings. The second kappa shape index (κ2) is 7.85. The molecule has 6 nitrogen and oxygen atoms in total. The number of carbonyl (C=O) groups excluding carboxylic acids is 1. The number of nitrogens with one attached hydrogen (secondary N) is 3. The smallest absolute Gasteiger partial charge is 0.289 e. The van der Waals surface area contributed by atoms with E-state index in [-0.39, 0.29) is 31.7 Å². The van der Waals surface area contributed by atoms with E-state index in [9.17, 15) is 4.79 Å². The second-order valence-electron chi connectivity index (χ2n) is 4.69. The summed E-state index contributed by atoms with van der Waals surface area (Å²) in [6.07, 6.45) is 0. The first-order valence-electron chi connectivity index (χ1n) is 6.53. The summed E-state index contributed by atoms with van der Waals surface area (Å²) in [6.45, 7) is 1.97. The maximum Gasteiger partial charge on any atom is 0.289 e. The molecule has 1 aromatic carbocycles. The molecule has 2 rings (SSSR count). The molecule has 0 unspecified atom stereocenters. The third kappa shape index (κ3) is 4.39. The van der Waals surface area contributed by atoms with Crippen molar-refractivity contribution >= 4 is 69.4 Å². The standard InChI is InChI=1S/C14H12Cl3N5OS/c1-6-2-4-7(5-3-6)19-14(24)22-21-13(23)11-8(15)10(18)9(16)12(17)20-11/h2-5H,1H3,(H2,18,20)(H,21,23)(H2,19,22,24). The number of anilines is 2. The Morgan fingerprint density at radius 1 is 1.12 bits per heavy atom. The van der Waals surface area contributed by atoms with Gasteiger partial charge in [0.1, 0.15) is 5.02 Å². The van der Waals surface area contributed by atoms with Crippen LogP contribution in [-0.2, 0) is 0 Å². The molecule has 1 aromatic heterocycles. The second-order valence-corrected chi connectivity index (χ2v) is 6.21. The average Bonchev–Trinajstić information content (AvgIpc) is 2.56. The van der Waals surface area contributed by atoms with Crippen molar-refractivity contribution in [2.24, 2.45) is 0 Å². The maximum absolute atomic E-state index is 12.1. The van der Waals surface area contributed by atoms with Gasteiger partial charge in [0.05, 0.1) is 10.7 Å². The van der Waals surface area contributed by atoms with E-state index in [1.165, 1.54) is 0 Å². The molecular weight excluding hydrogens is 393 g/mol. The molecule has 0 fully saturated rings. The Kier molecular flexibility index (Phi) is 6.06. The average molecular weight is 405 g/mol. The fourth-order valence-electron chi connectivity index (χ4n) is 1.65. The number of aromatic nitrogens is 1. The van der Waals surface area contributed by atoms with Crippen molar-refractivity contribution in [1.29, 1.82) is 0 Å². The molecule has 0 aliphatic heterocycles. The highest BCUT2D eigenvalue weighted by Gasteiger charge is 2.19. The van der Waals surface area contributed by atoms with Crippen molar-refractivity contribution in [3.8, 4) is 0 Å². The highest BCUT2D eigenvalue weighted by Crippen LogP contribution is 2.34. The number of benzene rings is 1. The van der Waals surface area contributed by atoms with Gasteiger partial charge in [-0.2, -0.15) is 0 Å². The molecule has 0 radical (unpaired) electrons. The van der Waals surface area contributed by atoms with Gasteiger partial charge in [0.15, 0.2) is 16.0 Å². The van der Waals surface area contributed by atoms with Gasteiger partial charge in [-0.05, 0) is 31.3 Å². The number of pyridine rings is 1. The summed E-state index contributed by atoms with van der Waals surface area (Å²) in [5, 5.41) is 2.85. The number of rotatable bonds is 2. The Morgan fingerprint density at radius 3 is 2.38 bits per heavy atom. The molecule has 0 bridgehead atoms. The van der Waals surface area contributed by atoms with Gasteiger partial charge in [0, 0.05) is 5.69 Å². The number of nitrogen functional groups attached to an aromatic ring is 1. The first-order chi connectivity index (χ1) is 11.3. The van der Waals surface area contributed by atoms with Gasteiger partial charge in [0.2, 0.25) is 0 Å². The van der Waals surface area contributed by atoms with Crippen LogP contribution in [-0.4, -0.2) is 16.0 Å². The minimum absolute atomic E-state index is 0.0114. The van der Waals surface area contributed by atoms with Crippen LogP contribution < -0.4 is 21.9 Å². The normalized spacial score (nSPS) is 10.2. The van der Waals surface area contributed by atoms with Crippen LogP contribution in [0.2, 0.25) is 15.2 Å². The van der Waals surface area contributed by atoms with Crippen molar-refractivity contribution in [2.45, 2.75) is 6.92 Å². The number of amides is 1. The van der Waals surface area contributed by atoms with Gasteiger partial charge in [-0.25, -0.2) is 4.98 Å². The molecule has 0 saturated carbocycles. The summed E-state index contributed by atoms with van der Waals surface area (Å²) < 4.78 is 0. The molecule has 126 valence electrons. The van der Waals surface area contributed by atoms with E-state index in [0.717, 1.165) is 11.3 Å². The number of thiocarbonyl (C=S) groups is 1. The molecule has 0 atom stereocenters. The minimum Gasteiger partial charge on any atom is -0.396 e. The van der Waals surface area contributed by atoms with E-state index < -0.39 is 5.91 Å². The summed E-state index contributed by atoms with van der Waals surface area (Å²) in [7, 11) is 0. The summed E-state index contributed by atoms with van der Waals surface area (Å²) in [5.74, 6) is -0.668. The molecule has 24 heavy (non-hydrogen) atoms. The highest BCUT2D eigenvalue weighted by atomic mass is 35.5. The van der Waals surface area contributed by atoms with Gasteiger partial charge in [-0.3, -0.25) is 15.6 Å². The number of aryl methyl sites for hydroxylation is 1. The van der Waals surface area contributed by atoms with Gasteiger partial charge in [0.25, 0.3) is 5.91 Å². The van der Waals surface area contributed by atoms with E-state index in [2.05, 4.69) is 21.2 Å². The third-order valence-electron chi connectivity index (χ3n) is 2.89. The van der Waals surface area contributed by atoms with Crippen LogP contribution >= 0.6 is 47.0 Å². The lowest BCUT2D eigenvalue weighted by molar-refractivity contribution is 0.0939. The Morgan fingerprint density at radius 2 is 1.75 bits per heavy atom. The van der Waals surface area contributed by atoms with Crippen LogP contribution in [0.25, 0.3) is 0 Å². The lowest BCUT2D eigenvalue weighted by Gasteiger charge is -2.13. The number of hydrazine groups is 1. The number of carbonyl (C=O) groups is 1. The van der Waals surface area contributed by atoms with E-state index >= 15 is 0 Å². The summed E-state index contributed by atoms with van der Waals surface area (Å²) in [5.41, 5.74) is 12.2. The predicted molar refractivity (Wildman–Crippen MR) is 102 cm³/mol. The van der Waals surface area contributed by atoms with Crippen LogP contribution in [0.4, 0.5) is 11.4 Å². The largest absolute Gasteiger partial charge is 0.396 e. The van der Waals surface area contributed by atoms with Crippen LogP contribution in [0.15, 0.2) is 24.3 Å². The van der Waals surface area contributed by atoms with E-state index in [4.69, 9.17) is 52.8 Å². The molecule has 5 N–H and O–H groups in total. The quantitative estimate of drug-likeness (QED) is 0.347. The zero-order chi connectivity index (χ0) is 17.9. The fraction of sp³-hybridized carbons (Fsp3) is 0.0714. The maximum atomic E-state index is 12.1. The van der Waals surface area contributed by atoms with Crippen LogP contribution in [0.3, 0.4) is 0 Å². The highest BCUT2D eigenvalue weighted by molar-refractivity contribution is 7.80. The molecular formula is C14H12Cl3N5OS. The number of hydrogen-bond donors (Lipinski definition) is 4. The zero-order valence-corrected chi connectivity index (χ0v) is 15.4. The van der Waals surface area contributed by atoms with Crippen molar-refractivity contribution < 1.29 is 4.79 Å². The van der Waals surface area contributed by atoms with E-state index in [0.29, 0.717) is 0 Å². The Hall–Kier alpha value is -1.80. The third-order valence-corrected chi connectivity index (χ3v) is 4.23. The number of halogens is 3. The van der Waals surface area contributed by atoms with Gasteiger partial charge in [-0.15, -0.1) is 0 Å². The Balaban J connectivity index is 2.00. The topological polar surface area (TPSA) is 92.1 Å². The number of nitrogens with two attached hydrogens (primary N) is 1. The van der Waals surface area contributed by atoms with Gasteiger partial charge < -0.3 is 11.1 Å². The predicted octanol–water partition coefficient (Wildman–Crippen LogP) is 3.56. The van der Waals surface area contributed by atoms with Crippen LogP contribution in [0.5, 0.6) is 0 Å². The number of nitrogens with zero attached hydrogens (tertiary/aromatic N) is 1. The van der Waals surface area contributed by atoms with E-state index in [1.54, 1.807) is 0 Å². The summed E-state index contributed by atoms with van der Waals surface area (Å²) in [4.78, 5) is 15.9.